The molecule has 0 fully saturated rings. The molecule has 108 valence electrons. The molecule has 0 aromatic carbocycles. The van der Waals surface area contributed by atoms with Crippen LogP contribution in [0.1, 0.15) is 24.2 Å². The number of amides is 1. The van der Waals surface area contributed by atoms with Gasteiger partial charge >= 0.3 is 0 Å². The fourth-order valence-corrected chi connectivity index (χ4v) is 2.12. The number of hydrogen-bond donors (Lipinski definition) is 3. The van der Waals surface area contributed by atoms with Crippen molar-refractivity contribution < 1.29 is 9.53 Å². The smallest absolute Gasteiger partial charge is 0.252 e. The lowest BCUT2D eigenvalue weighted by Gasteiger charge is -2.24. The molecular weight excluding hydrogens is 256 g/mol. The minimum absolute atomic E-state index is 0.0820. The van der Waals surface area contributed by atoms with Gasteiger partial charge in [0.25, 0.3) is 5.91 Å². The maximum absolute atomic E-state index is 11.6. The van der Waals surface area contributed by atoms with Gasteiger partial charge in [-0.15, -0.1) is 0 Å². The van der Waals surface area contributed by atoms with Crippen LogP contribution in [0.5, 0.6) is 0 Å². The number of aromatic nitrogens is 2. The van der Waals surface area contributed by atoms with Crippen LogP contribution in [-0.2, 0) is 4.74 Å². The van der Waals surface area contributed by atoms with E-state index >= 15 is 0 Å². The maximum Gasteiger partial charge on any atom is 0.252 e. The Morgan fingerprint density at radius 2 is 2.30 bits per heavy atom. The van der Waals surface area contributed by atoms with E-state index < -0.39 is 5.91 Å². The minimum atomic E-state index is -0.497. The SMILES string of the molecule is COC[C@@H](Nc1c(C(N)=O)cnc2[nH]ccc12)C(C)C. The fraction of sp³-hybridized carbons (Fsp3) is 0.429. The summed E-state index contributed by atoms with van der Waals surface area (Å²) in [5.41, 5.74) is 7.26. The third-order valence-corrected chi connectivity index (χ3v) is 3.33. The van der Waals surface area contributed by atoms with E-state index in [1.165, 1.54) is 6.20 Å². The molecular formula is C14H20N4O2. The number of carbonyl (C=O) groups excluding carboxylic acids is 1. The molecule has 0 saturated heterocycles. The van der Waals surface area contributed by atoms with Crippen LogP contribution in [-0.4, -0.2) is 35.6 Å². The number of primary amides is 1. The molecule has 0 aliphatic heterocycles. The van der Waals surface area contributed by atoms with Gasteiger partial charge in [0.1, 0.15) is 5.65 Å². The Balaban J connectivity index is 2.46. The predicted octanol–water partition coefficient (Wildman–Crippen LogP) is 1.74. The normalized spacial score (nSPS) is 12.8. The van der Waals surface area contributed by atoms with Gasteiger partial charge in [-0.25, -0.2) is 4.98 Å². The van der Waals surface area contributed by atoms with Gasteiger partial charge in [0.05, 0.1) is 23.9 Å². The Morgan fingerprint density at radius 1 is 1.55 bits per heavy atom. The molecule has 20 heavy (non-hydrogen) atoms. The van der Waals surface area contributed by atoms with Crippen molar-refractivity contribution in [1.29, 1.82) is 0 Å². The van der Waals surface area contributed by atoms with Crippen LogP contribution in [0.2, 0.25) is 0 Å². The summed E-state index contributed by atoms with van der Waals surface area (Å²) in [5.74, 6) is -0.152. The topological polar surface area (TPSA) is 93.0 Å². The monoisotopic (exact) mass is 276 g/mol. The van der Waals surface area contributed by atoms with Crippen molar-refractivity contribution in [2.24, 2.45) is 11.7 Å². The molecule has 0 saturated carbocycles. The zero-order chi connectivity index (χ0) is 14.7. The molecule has 2 heterocycles. The van der Waals surface area contributed by atoms with Crippen LogP contribution in [0.25, 0.3) is 11.0 Å². The Labute approximate surface area is 117 Å². The molecule has 0 aliphatic rings. The molecule has 0 unspecified atom stereocenters. The van der Waals surface area contributed by atoms with Crippen molar-refractivity contribution in [2.45, 2.75) is 19.9 Å². The van der Waals surface area contributed by atoms with Gasteiger partial charge < -0.3 is 20.8 Å². The summed E-state index contributed by atoms with van der Waals surface area (Å²) in [7, 11) is 1.66. The van der Waals surface area contributed by atoms with Gasteiger partial charge in [0.2, 0.25) is 0 Å². The third kappa shape index (κ3) is 2.75. The van der Waals surface area contributed by atoms with Crippen molar-refractivity contribution >= 4 is 22.6 Å². The van der Waals surface area contributed by atoms with E-state index in [0.29, 0.717) is 23.8 Å². The molecule has 2 aromatic heterocycles. The highest BCUT2D eigenvalue weighted by atomic mass is 16.5. The Bertz CT molecular complexity index is 606. The molecule has 4 N–H and O–H groups in total. The van der Waals surface area contributed by atoms with Crippen molar-refractivity contribution in [1.82, 2.24) is 9.97 Å². The van der Waals surface area contributed by atoms with Crippen LogP contribution < -0.4 is 11.1 Å². The standard InChI is InChI=1S/C14H20N4O2/c1-8(2)11(7-20-3)18-12-9-4-5-16-14(9)17-6-10(12)13(15)19/h4-6,8,11H,7H2,1-3H3,(H2,15,19)(H2,16,17,18)/t11-/m1/s1. The van der Waals surface area contributed by atoms with Gasteiger partial charge in [0, 0.05) is 24.9 Å². The summed E-state index contributed by atoms with van der Waals surface area (Å²) >= 11 is 0. The van der Waals surface area contributed by atoms with E-state index in [2.05, 4.69) is 29.1 Å². The number of pyridine rings is 1. The molecule has 6 nitrogen and oxygen atoms in total. The van der Waals surface area contributed by atoms with Gasteiger partial charge in [-0.1, -0.05) is 13.8 Å². The number of nitrogens with two attached hydrogens (primary N) is 1. The summed E-state index contributed by atoms with van der Waals surface area (Å²) in [6.45, 7) is 4.73. The number of H-pyrrole nitrogens is 1. The number of fused-ring (bicyclic) bond motifs is 1. The average molecular weight is 276 g/mol. The second-order valence-electron chi connectivity index (χ2n) is 5.10. The second kappa shape index (κ2) is 5.92. The molecule has 2 rings (SSSR count). The number of carbonyl (C=O) groups is 1. The Kier molecular flexibility index (Phi) is 4.24. The van der Waals surface area contributed by atoms with Gasteiger partial charge in [-0.3, -0.25) is 4.79 Å². The van der Waals surface area contributed by atoms with Crippen LogP contribution in [0.15, 0.2) is 18.5 Å². The molecule has 2 aromatic rings. The van der Waals surface area contributed by atoms with Crippen molar-refractivity contribution in [3.05, 3.63) is 24.0 Å². The number of nitrogens with one attached hydrogen (secondary N) is 2. The van der Waals surface area contributed by atoms with Crippen LogP contribution in [0, 0.1) is 5.92 Å². The maximum atomic E-state index is 11.6. The number of ether oxygens (including phenoxy) is 1. The first-order chi connectivity index (χ1) is 9.54. The summed E-state index contributed by atoms with van der Waals surface area (Å²) in [5, 5.41) is 4.22. The van der Waals surface area contributed by atoms with Gasteiger partial charge in [0.15, 0.2) is 0 Å². The van der Waals surface area contributed by atoms with E-state index in [9.17, 15) is 4.79 Å². The van der Waals surface area contributed by atoms with Crippen molar-refractivity contribution in [3.8, 4) is 0 Å². The number of methoxy groups -OCH3 is 1. The van der Waals surface area contributed by atoms with E-state index in [-0.39, 0.29) is 6.04 Å². The molecule has 1 atom stereocenters. The summed E-state index contributed by atoms with van der Waals surface area (Å²) in [4.78, 5) is 18.8. The van der Waals surface area contributed by atoms with Crippen LogP contribution in [0.3, 0.4) is 0 Å². The van der Waals surface area contributed by atoms with Crippen LogP contribution >= 0.6 is 0 Å². The van der Waals surface area contributed by atoms with E-state index in [0.717, 1.165) is 11.0 Å². The molecule has 0 spiro atoms. The summed E-state index contributed by atoms with van der Waals surface area (Å²) in [6.07, 6.45) is 3.28. The first-order valence-electron chi connectivity index (χ1n) is 6.56. The Hall–Kier alpha value is -2.08. The minimum Gasteiger partial charge on any atom is -0.383 e. The lowest BCUT2D eigenvalue weighted by Crippen LogP contribution is -2.31. The van der Waals surface area contributed by atoms with E-state index in [1.54, 1.807) is 13.3 Å². The lowest BCUT2D eigenvalue weighted by molar-refractivity contribution is 0.100. The van der Waals surface area contributed by atoms with E-state index in [1.807, 2.05) is 6.07 Å². The second-order valence-corrected chi connectivity index (χ2v) is 5.10. The number of hydrogen-bond acceptors (Lipinski definition) is 4. The first kappa shape index (κ1) is 14.3. The molecule has 0 radical (unpaired) electrons. The largest absolute Gasteiger partial charge is 0.383 e. The lowest BCUT2D eigenvalue weighted by atomic mass is 10.0. The van der Waals surface area contributed by atoms with Gasteiger partial charge in [-0.05, 0) is 12.0 Å². The highest BCUT2D eigenvalue weighted by Gasteiger charge is 2.19. The number of rotatable bonds is 6. The van der Waals surface area contributed by atoms with E-state index in [4.69, 9.17) is 10.5 Å². The van der Waals surface area contributed by atoms with Crippen molar-refractivity contribution in [2.75, 3.05) is 19.0 Å². The number of nitrogens with zero attached hydrogens (tertiary/aromatic N) is 1. The average Bonchev–Trinajstić information content (AvgIpc) is 2.86. The van der Waals surface area contributed by atoms with Crippen molar-refractivity contribution in [3.63, 3.8) is 0 Å². The highest BCUT2D eigenvalue weighted by Crippen LogP contribution is 2.27. The zero-order valence-electron chi connectivity index (χ0n) is 11.9. The molecule has 0 bridgehead atoms. The first-order valence-corrected chi connectivity index (χ1v) is 6.56. The zero-order valence-corrected chi connectivity index (χ0v) is 11.9. The molecule has 0 aliphatic carbocycles. The highest BCUT2D eigenvalue weighted by molar-refractivity contribution is 6.05. The van der Waals surface area contributed by atoms with Gasteiger partial charge in [-0.2, -0.15) is 0 Å². The quantitative estimate of drug-likeness (QED) is 0.749. The molecule has 6 heteroatoms. The van der Waals surface area contributed by atoms with Crippen LogP contribution in [0.4, 0.5) is 5.69 Å². The predicted molar refractivity (Wildman–Crippen MR) is 78.7 cm³/mol. The Morgan fingerprint density at radius 3 is 2.90 bits per heavy atom. The number of anilines is 1. The summed E-state index contributed by atoms with van der Waals surface area (Å²) in [6, 6.07) is 1.96. The number of aromatic amines is 1. The third-order valence-electron chi connectivity index (χ3n) is 3.33. The summed E-state index contributed by atoms with van der Waals surface area (Å²) < 4.78 is 5.23. The fourth-order valence-electron chi connectivity index (χ4n) is 2.12. The molecule has 1 amide bonds.